The molecular weight excluding hydrogens is 354 g/mol. The van der Waals surface area contributed by atoms with Crippen molar-refractivity contribution in [3.8, 4) is 11.1 Å². The van der Waals surface area contributed by atoms with Gasteiger partial charge in [0.1, 0.15) is 0 Å². The SMILES string of the molecule is Cl.O=C(O)c1cccc2c1Sc1c3ccccc3nc3cccc-2c13. The lowest BCUT2D eigenvalue weighted by molar-refractivity contribution is 0.0693. The van der Waals surface area contributed by atoms with Gasteiger partial charge in [-0.2, -0.15) is 0 Å². The number of fused-ring (bicyclic) bond motifs is 4. The minimum absolute atomic E-state index is 0. The zero-order valence-electron chi connectivity index (χ0n) is 12.9. The van der Waals surface area contributed by atoms with Gasteiger partial charge >= 0.3 is 5.97 Å². The number of aromatic carboxylic acids is 1. The lowest BCUT2D eigenvalue weighted by atomic mass is 9.97. The van der Waals surface area contributed by atoms with Gasteiger partial charge < -0.3 is 5.11 Å². The number of benzene rings is 3. The van der Waals surface area contributed by atoms with Crippen LogP contribution in [-0.2, 0) is 0 Å². The van der Waals surface area contributed by atoms with Gasteiger partial charge in [-0.25, -0.2) is 9.78 Å². The third kappa shape index (κ3) is 2.22. The Morgan fingerprint density at radius 1 is 0.840 bits per heavy atom. The number of aromatic nitrogens is 1. The number of carboxylic acids is 1. The first-order valence-electron chi connectivity index (χ1n) is 7.60. The van der Waals surface area contributed by atoms with Crippen LogP contribution >= 0.6 is 24.2 Å². The summed E-state index contributed by atoms with van der Waals surface area (Å²) in [5, 5.41) is 11.7. The van der Waals surface area contributed by atoms with Crippen molar-refractivity contribution in [2.45, 2.75) is 9.79 Å². The van der Waals surface area contributed by atoms with E-state index < -0.39 is 5.97 Å². The fourth-order valence-electron chi connectivity index (χ4n) is 3.36. The third-order valence-corrected chi connectivity index (χ3v) is 5.67. The molecule has 1 aromatic heterocycles. The Kier molecular flexibility index (Phi) is 3.67. The van der Waals surface area contributed by atoms with E-state index in [1.807, 2.05) is 42.5 Å². The summed E-state index contributed by atoms with van der Waals surface area (Å²) < 4.78 is 0. The summed E-state index contributed by atoms with van der Waals surface area (Å²) in [6.07, 6.45) is 0. The van der Waals surface area contributed by atoms with Gasteiger partial charge in [0.2, 0.25) is 0 Å². The summed E-state index contributed by atoms with van der Waals surface area (Å²) in [7, 11) is 0. The summed E-state index contributed by atoms with van der Waals surface area (Å²) in [5.74, 6) is -0.895. The highest BCUT2D eigenvalue weighted by Crippen LogP contribution is 2.50. The van der Waals surface area contributed by atoms with Crippen LogP contribution in [0.15, 0.2) is 70.5 Å². The second-order valence-corrected chi connectivity index (χ2v) is 6.77. The molecule has 5 heteroatoms. The minimum Gasteiger partial charge on any atom is -0.478 e. The van der Waals surface area contributed by atoms with Crippen molar-refractivity contribution in [2.75, 3.05) is 0 Å². The maximum Gasteiger partial charge on any atom is 0.336 e. The number of carboxylic acid groups (broad SMARTS) is 1. The first-order chi connectivity index (χ1) is 11.7. The molecule has 0 spiro atoms. The van der Waals surface area contributed by atoms with Crippen LogP contribution in [0.3, 0.4) is 0 Å². The third-order valence-electron chi connectivity index (χ3n) is 4.40. The highest BCUT2D eigenvalue weighted by Gasteiger charge is 2.25. The van der Waals surface area contributed by atoms with Crippen LogP contribution in [0.4, 0.5) is 0 Å². The van der Waals surface area contributed by atoms with Crippen molar-refractivity contribution in [1.82, 2.24) is 4.98 Å². The molecule has 0 radical (unpaired) electrons. The van der Waals surface area contributed by atoms with E-state index >= 15 is 0 Å². The number of nitrogens with zero attached hydrogens (tertiary/aromatic N) is 1. The molecule has 0 fully saturated rings. The summed E-state index contributed by atoms with van der Waals surface area (Å²) in [5.41, 5.74) is 4.25. The maximum absolute atomic E-state index is 11.7. The molecule has 0 aliphatic carbocycles. The van der Waals surface area contributed by atoms with Crippen LogP contribution in [0.5, 0.6) is 0 Å². The van der Waals surface area contributed by atoms with E-state index in [-0.39, 0.29) is 12.4 Å². The van der Waals surface area contributed by atoms with Crippen molar-refractivity contribution in [1.29, 1.82) is 0 Å². The highest BCUT2D eigenvalue weighted by atomic mass is 35.5. The quantitative estimate of drug-likeness (QED) is 0.390. The van der Waals surface area contributed by atoms with Crippen LogP contribution < -0.4 is 0 Å². The lowest BCUT2D eigenvalue weighted by Gasteiger charge is -2.22. The Morgan fingerprint density at radius 3 is 2.40 bits per heavy atom. The summed E-state index contributed by atoms with van der Waals surface area (Å²) in [6.45, 7) is 0. The molecule has 1 N–H and O–H groups in total. The molecule has 2 heterocycles. The number of pyridine rings is 1. The van der Waals surface area contributed by atoms with Gasteiger partial charge in [0.05, 0.1) is 16.6 Å². The summed E-state index contributed by atoms with van der Waals surface area (Å²) in [4.78, 5) is 18.3. The van der Waals surface area contributed by atoms with Gasteiger partial charge in [-0.15, -0.1) is 12.4 Å². The molecule has 3 aromatic carbocycles. The molecule has 0 saturated heterocycles. The maximum atomic E-state index is 11.7. The average Bonchev–Trinajstić information content (AvgIpc) is 2.61. The van der Waals surface area contributed by atoms with Crippen molar-refractivity contribution >= 4 is 51.9 Å². The molecular formula is C20H12ClNO2S. The van der Waals surface area contributed by atoms with Gasteiger partial charge in [0, 0.05) is 20.6 Å². The summed E-state index contributed by atoms with van der Waals surface area (Å²) in [6, 6.07) is 19.5. The number of carbonyl (C=O) groups is 1. The van der Waals surface area contributed by atoms with E-state index in [0.29, 0.717) is 5.56 Å². The van der Waals surface area contributed by atoms with E-state index in [9.17, 15) is 9.90 Å². The molecule has 0 unspecified atom stereocenters. The van der Waals surface area contributed by atoms with E-state index in [2.05, 4.69) is 6.07 Å². The topological polar surface area (TPSA) is 50.2 Å². The number of para-hydroxylation sites is 1. The standard InChI is InChI=1S/C20H11NO2S.ClH/c22-20(23)14-8-3-7-12-11-6-4-10-16-17(11)19(24-18(12)14)13-5-1-2-9-15(13)21-16;/h1-10H,(H,22,23);1H. The Morgan fingerprint density at radius 2 is 1.56 bits per heavy atom. The zero-order valence-corrected chi connectivity index (χ0v) is 14.5. The van der Waals surface area contributed by atoms with Crippen molar-refractivity contribution < 1.29 is 9.90 Å². The molecule has 0 saturated carbocycles. The molecule has 122 valence electrons. The Balaban J connectivity index is 0.00000157. The van der Waals surface area contributed by atoms with Gasteiger partial charge in [-0.3, -0.25) is 0 Å². The van der Waals surface area contributed by atoms with Gasteiger partial charge in [-0.05, 0) is 29.3 Å². The fourth-order valence-corrected chi connectivity index (χ4v) is 4.72. The van der Waals surface area contributed by atoms with Crippen LogP contribution in [0.1, 0.15) is 10.4 Å². The smallest absolute Gasteiger partial charge is 0.336 e. The van der Waals surface area contributed by atoms with Gasteiger partial charge in [-0.1, -0.05) is 54.2 Å². The molecule has 0 bridgehead atoms. The second-order valence-electron chi connectivity index (χ2n) is 5.75. The number of hydrogen-bond acceptors (Lipinski definition) is 3. The van der Waals surface area contributed by atoms with E-state index in [0.717, 1.165) is 42.7 Å². The Bertz CT molecular complexity index is 1170. The first kappa shape index (κ1) is 15.9. The molecule has 25 heavy (non-hydrogen) atoms. The van der Waals surface area contributed by atoms with Crippen LogP contribution in [0.25, 0.3) is 32.9 Å². The molecule has 5 rings (SSSR count). The highest BCUT2D eigenvalue weighted by molar-refractivity contribution is 8.00. The first-order valence-corrected chi connectivity index (χ1v) is 8.42. The number of halogens is 1. The molecule has 1 aliphatic heterocycles. The molecule has 0 atom stereocenters. The normalized spacial score (nSPS) is 11.8. The van der Waals surface area contributed by atoms with Gasteiger partial charge in [0.25, 0.3) is 0 Å². The number of hydrogen-bond donors (Lipinski definition) is 1. The molecule has 4 aromatic rings. The lowest BCUT2D eigenvalue weighted by Crippen LogP contribution is -2.03. The largest absolute Gasteiger partial charge is 0.478 e. The number of rotatable bonds is 1. The van der Waals surface area contributed by atoms with E-state index in [4.69, 9.17) is 4.98 Å². The Hall–Kier alpha value is -2.56. The van der Waals surface area contributed by atoms with Crippen LogP contribution in [0.2, 0.25) is 0 Å². The van der Waals surface area contributed by atoms with E-state index in [1.165, 1.54) is 11.8 Å². The van der Waals surface area contributed by atoms with Crippen LogP contribution in [0, 0.1) is 0 Å². The second kappa shape index (κ2) is 5.76. The van der Waals surface area contributed by atoms with Crippen molar-refractivity contribution in [3.05, 3.63) is 66.2 Å². The van der Waals surface area contributed by atoms with Gasteiger partial charge in [0.15, 0.2) is 0 Å². The average molecular weight is 366 g/mol. The van der Waals surface area contributed by atoms with Crippen molar-refractivity contribution in [3.63, 3.8) is 0 Å². The minimum atomic E-state index is -0.895. The fraction of sp³-hybridized carbons (Fsp3) is 0. The molecule has 0 amide bonds. The zero-order chi connectivity index (χ0) is 16.3. The van der Waals surface area contributed by atoms with E-state index in [1.54, 1.807) is 12.1 Å². The molecule has 1 aliphatic rings. The predicted octanol–water partition coefficient (Wildman–Crippen LogP) is 5.64. The van der Waals surface area contributed by atoms with Crippen molar-refractivity contribution in [2.24, 2.45) is 0 Å². The summed E-state index contributed by atoms with van der Waals surface area (Å²) >= 11 is 1.54. The monoisotopic (exact) mass is 365 g/mol. The van der Waals surface area contributed by atoms with Crippen LogP contribution in [-0.4, -0.2) is 16.1 Å². The predicted molar refractivity (Wildman–Crippen MR) is 103 cm³/mol. The molecule has 3 nitrogen and oxygen atoms in total. The Labute approximate surface area is 154 Å².